The Hall–Kier alpha value is -0.450. The molecule has 0 fully saturated rings. The van der Waals surface area contributed by atoms with Crippen LogP contribution in [0, 0.1) is 0 Å². The largest absolute Gasteiger partial charge is 0.307 e. The molecule has 0 amide bonds. The second kappa shape index (κ2) is 6.93. The van der Waals surface area contributed by atoms with Crippen LogP contribution in [0.2, 0.25) is 0 Å². The van der Waals surface area contributed by atoms with Crippen molar-refractivity contribution >= 4 is 11.3 Å². The van der Waals surface area contributed by atoms with Crippen molar-refractivity contribution in [2.75, 3.05) is 19.6 Å². The summed E-state index contributed by atoms with van der Waals surface area (Å²) in [5.74, 6) is 0. The van der Waals surface area contributed by atoms with Crippen molar-refractivity contribution in [3.05, 3.63) is 16.6 Å². The van der Waals surface area contributed by atoms with Crippen molar-refractivity contribution in [1.29, 1.82) is 0 Å². The van der Waals surface area contributed by atoms with Crippen LogP contribution in [-0.4, -0.2) is 35.6 Å². The maximum Gasteiger partial charge on any atom is 0.0795 e. The molecule has 0 aliphatic carbocycles. The van der Waals surface area contributed by atoms with Gasteiger partial charge in [0.05, 0.1) is 11.2 Å². The molecule has 1 heterocycles. The van der Waals surface area contributed by atoms with Gasteiger partial charge in [-0.25, -0.2) is 4.98 Å². The third-order valence-corrected chi connectivity index (χ3v) is 3.18. The van der Waals surface area contributed by atoms with Crippen molar-refractivity contribution in [2.24, 2.45) is 0 Å². The van der Waals surface area contributed by atoms with Gasteiger partial charge in [0.2, 0.25) is 0 Å². The number of nitrogens with zero attached hydrogens (tertiary/aromatic N) is 2. The molecule has 1 N–H and O–H groups in total. The molecule has 4 heteroatoms. The van der Waals surface area contributed by atoms with Crippen molar-refractivity contribution < 1.29 is 0 Å². The minimum Gasteiger partial charge on any atom is -0.307 e. The van der Waals surface area contributed by atoms with Crippen LogP contribution >= 0.6 is 11.3 Å². The minimum absolute atomic E-state index is 0.520. The average molecular weight is 227 g/mol. The van der Waals surface area contributed by atoms with E-state index in [0.29, 0.717) is 6.04 Å². The molecule has 1 atom stereocenters. The van der Waals surface area contributed by atoms with Crippen LogP contribution in [0.4, 0.5) is 0 Å². The smallest absolute Gasteiger partial charge is 0.0795 e. The fourth-order valence-corrected chi connectivity index (χ4v) is 2.10. The number of hydrogen-bond acceptors (Lipinski definition) is 4. The first-order valence-corrected chi connectivity index (χ1v) is 6.53. The summed E-state index contributed by atoms with van der Waals surface area (Å²) in [6.07, 6.45) is 0. The lowest BCUT2D eigenvalue weighted by atomic mass is 10.3. The SMILES string of the molecule is CCN(CC)CC(C)NCc1cscn1. The molecule has 1 unspecified atom stereocenters. The lowest BCUT2D eigenvalue weighted by molar-refractivity contribution is 0.270. The highest BCUT2D eigenvalue weighted by molar-refractivity contribution is 7.07. The van der Waals surface area contributed by atoms with Crippen LogP contribution in [0.1, 0.15) is 26.5 Å². The Morgan fingerprint density at radius 1 is 1.47 bits per heavy atom. The van der Waals surface area contributed by atoms with Crippen molar-refractivity contribution in [2.45, 2.75) is 33.4 Å². The zero-order chi connectivity index (χ0) is 11.1. The molecule has 15 heavy (non-hydrogen) atoms. The van der Waals surface area contributed by atoms with Gasteiger partial charge < -0.3 is 10.2 Å². The predicted molar refractivity (Wildman–Crippen MR) is 66.2 cm³/mol. The van der Waals surface area contributed by atoms with Crippen LogP contribution < -0.4 is 5.32 Å². The van der Waals surface area contributed by atoms with Gasteiger partial charge >= 0.3 is 0 Å². The summed E-state index contributed by atoms with van der Waals surface area (Å²) >= 11 is 1.65. The Balaban J connectivity index is 2.21. The maximum atomic E-state index is 4.25. The molecule has 0 spiro atoms. The van der Waals surface area contributed by atoms with Crippen LogP contribution in [0.3, 0.4) is 0 Å². The van der Waals surface area contributed by atoms with E-state index >= 15 is 0 Å². The fraction of sp³-hybridized carbons (Fsp3) is 0.727. The van der Waals surface area contributed by atoms with Gasteiger partial charge in [-0.15, -0.1) is 11.3 Å². The Morgan fingerprint density at radius 2 is 2.20 bits per heavy atom. The van der Waals surface area contributed by atoms with Crippen LogP contribution in [0.25, 0.3) is 0 Å². The minimum atomic E-state index is 0.520. The Labute approximate surface area is 96.5 Å². The highest BCUT2D eigenvalue weighted by atomic mass is 32.1. The molecule has 86 valence electrons. The van der Waals surface area contributed by atoms with Crippen molar-refractivity contribution in [1.82, 2.24) is 15.2 Å². The number of likely N-dealkylation sites (N-methyl/N-ethyl adjacent to an activating group) is 1. The van der Waals surface area contributed by atoms with Crippen molar-refractivity contribution in [3.63, 3.8) is 0 Å². The van der Waals surface area contributed by atoms with Crippen LogP contribution in [-0.2, 0) is 6.54 Å². The quantitative estimate of drug-likeness (QED) is 0.772. The molecule has 0 bridgehead atoms. The summed E-state index contributed by atoms with van der Waals surface area (Å²) in [5, 5.41) is 5.58. The summed E-state index contributed by atoms with van der Waals surface area (Å²) in [6.45, 7) is 10.9. The number of rotatable bonds is 7. The van der Waals surface area contributed by atoms with Gasteiger partial charge in [-0.2, -0.15) is 0 Å². The van der Waals surface area contributed by atoms with Gasteiger partial charge in [-0.1, -0.05) is 13.8 Å². The van der Waals surface area contributed by atoms with Gasteiger partial charge in [0, 0.05) is 24.5 Å². The van der Waals surface area contributed by atoms with E-state index in [2.05, 4.69) is 41.4 Å². The fourth-order valence-electron chi connectivity index (χ4n) is 1.54. The molecule has 1 aromatic rings. The lowest BCUT2D eigenvalue weighted by Crippen LogP contribution is -2.38. The zero-order valence-corrected chi connectivity index (χ0v) is 10.7. The monoisotopic (exact) mass is 227 g/mol. The van der Waals surface area contributed by atoms with Crippen LogP contribution in [0.5, 0.6) is 0 Å². The summed E-state index contributed by atoms with van der Waals surface area (Å²) in [4.78, 5) is 6.68. The Bertz CT molecular complexity index is 244. The van der Waals surface area contributed by atoms with Crippen molar-refractivity contribution in [3.8, 4) is 0 Å². The predicted octanol–water partition coefficient (Wildman–Crippen LogP) is 1.96. The lowest BCUT2D eigenvalue weighted by Gasteiger charge is -2.23. The molecule has 0 saturated carbocycles. The Morgan fingerprint density at radius 3 is 2.73 bits per heavy atom. The summed E-state index contributed by atoms with van der Waals surface area (Å²) in [7, 11) is 0. The third kappa shape index (κ3) is 4.73. The summed E-state index contributed by atoms with van der Waals surface area (Å²) in [6, 6.07) is 0.520. The first-order valence-electron chi connectivity index (χ1n) is 5.59. The first kappa shape index (κ1) is 12.6. The van der Waals surface area contributed by atoms with Crippen LogP contribution in [0.15, 0.2) is 10.9 Å². The number of nitrogens with one attached hydrogen (secondary N) is 1. The van der Waals surface area contributed by atoms with E-state index in [1.807, 2.05) is 5.51 Å². The normalized spacial score (nSPS) is 13.3. The third-order valence-electron chi connectivity index (χ3n) is 2.54. The average Bonchev–Trinajstić information content (AvgIpc) is 2.75. The second-order valence-electron chi connectivity index (χ2n) is 3.75. The summed E-state index contributed by atoms with van der Waals surface area (Å²) < 4.78 is 0. The molecule has 1 rings (SSSR count). The highest BCUT2D eigenvalue weighted by Gasteiger charge is 2.06. The van der Waals surface area contributed by atoms with E-state index in [1.54, 1.807) is 11.3 Å². The number of hydrogen-bond donors (Lipinski definition) is 1. The molecule has 0 saturated heterocycles. The topological polar surface area (TPSA) is 28.2 Å². The van der Waals surface area contributed by atoms with Gasteiger partial charge in [-0.3, -0.25) is 0 Å². The molecule has 0 aliphatic heterocycles. The maximum absolute atomic E-state index is 4.25. The van der Waals surface area contributed by atoms with E-state index in [-0.39, 0.29) is 0 Å². The van der Waals surface area contributed by atoms with Gasteiger partial charge in [0.15, 0.2) is 0 Å². The standard InChI is InChI=1S/C11H21N3S/c1-4-14(5-2)7-10(3)12-6-11-8-15-9-13-11/h8-10,12H,4-7H2,1-3H3. The van der Waals surface area contributed by atoms with Gasteiger partial charge in [-0.05, 0) is 20.0 Å². The molecule has 0 radical (unpaired) electrons. The molecule has 0 aliphatic rings. The molecule has 0 aromatic carbocycles. The molecule has 1 aromatic heterocycles. The molecular weight excluding hydrogens is 206 g/mol. The van der Waals surface area contributed by atoms with E-state index in [1.165, 1.54) is 0 Å². The molecule has 3 nitrogen and oxygen atoms in total. The van der Waals surface area contributed by atoms with E-state index in [0.717, 1.165) is 31.9 Å². The highest BCUT2D eigenvalue weighted by Crippen LogP contribution is 2.01. The first-order chi connectivity index (χ1) is 7.26. The molecular formula is C11H21N3S. The number of thiazole rings is 1. The second-order valence-corrected chi connectivity index (χ2v) is 4.47. The van der Waals surface area contributed by atoms with E-state index < -0.39 is 0 Å². The van der Waals surface area contributed by atoms with E-state index in [9.17, 15) is 0 Å². The zero-order valence-electron chi connectivity index (χ0n) is 9.86. The van der Waals surface area contributed by atoms with E-state index in [4.69, 9.17) is 0 Å². The van der Waals surface area contributed by atoms with Gasteiger partial charge in [0.25, 0.3) is 0 Å². The summed E-state index contributed by atoms with van der Waals surface area (Å²) in [5.41, 5.74) is 3.03. The Kier molecular flexibility index (Phi) is 5.83. The number of aromatic nitrogens is 1. The van der Waals surface area contributed by atoms with Gasteiger partial charge in [0.1, 0.15) is 0 Å².